The number of nitrogens with zero attached hydrogens (tertiary/aromatic N) is 2. The van der Waals surface area contributed by atoms with Crippen molar-refractivity contribution in [2.45, 2.75) is 58.3 Å². The van der Waals surface area contributed by atoms with Gasteiger partial charge in [-0.25, -0.2) is 4.98 Å². The smallest absolute Gasteiger partial charge is 0.310 e. The Bertz CT molecular complexity index is 1110. The van der Waals surface area contributed by atoms with Crippen LogP contribution in [0, 0.1) is 24.0 Å². The third-order valence-corrected chi connectivity index (χ3v) is 5.95. The maximum atomic E-state index is 11.1. The lowest BCUT2D eigenvalue weighted by Gasteiger charge is -2.29. The topological polar surface area (TPSA) is 96.9 Å². The predicted molar refractivity (Wildman–Crippen MR) is 127 cm³/mol. The molecule has 1 saturated carbocycles. The first-order valence-electron chi connectivity index (χ1n) is 11.6. The Morgan fingerprint density at radius 3 is 2.65 bits per heavy atom. The number of nitro benzene ring substituents is 1. The van der Waals surface area contributed by atoms with Crippen molar-refractivity contribution >= 4 is 5.69 Å². The van der Waals surface area contributed by atoms with Crippen LogP contribution in [0.3, 0.4) is 0 Å². The molecule has 0 aliphatic heterocycles. The van der Waals surface area contributed by atoms with Crippen LogP contribution in [0.4, 0.5) is 5.69 Å². The molecule has 3 aromatic rings. The molecule has 0 spiro atoms. The van der Waals surface area contributed by atoms with E-state index in [0.29, 0.717) is 19.1 Å². The zero-order valence-corrected chi connectivity index (χ0v) is 19.6. The van der Waals surface area contributed by atoms with Crippen molar-refractivity contribution < 1.29 is 23.6 Å². The molecule has 0 amide bonds. The molecule has 1 aromatic heterocycles. The van der Waals surface area contributed by atoms with Crippen molar-refractivity contribution in [2.24, 2.45) is 0 Å². The number of nitro groups is 1. The summed E-state index contributed by atoms with van der Waals surface area (Å²) in [7, 11) is 0. The Balaban J connectivity index is 1.23. The van der Waals surface area contributed by atoms with Gasteiger partial charge in [-0.1, -0.05) is 29.8 Å². The first-order chi connectivity index (χ1) is 16.5. The van der Waals surface area contributed by atoms with Gasteiger partial charge in [-0.2, -0.15) is 0 Å². The molecule has 0 bridgehead atoms. The fourth-order valence-corrected chi connectivity index (χ4v) is 4.16. The Morgan fingerprint density at radius 2 is 1.85 bits per heavy atom. The summed E-state index contributed by atoms with van der Waals surface area (Å²) in [6.07, 6.45) is 3.93. The monoisotopic (exact) mass is 466 g/mol. The second-order valence-corrected chi connectivity index (χ2v) is 8.56. The number of oxazole rings is 1. The van der Waals surface area contributed by atoms with Crippen LogP contribution < -0.4 is 4.74 Å². The van der Waals surface area contributed by atoms with Gasteiger partial charge in [0.25, 0.3) is 0 Å². The molecule has 2 aromatic carbocycles. The Morgan fingerprint density at radius 1 is 1.06 bits per heavy atom. The molecule has 1 heterocycles. The first-order valence-corrected chi connectivity index (χ1v) is 11.6. The number of rotatable bonds is 10. The van der Waals surface area contributed by atoms with Crippen LogP contribution in [-0.2, 0) is 16.1 Å². The van der Waals surface area contributed by atoms with Gasteiger partial charge in [0.2, 0.25) is 5.89 Å². The molecule has 0 saturated heterocycles. The average Bonchev–Trinajstić information content (AvgIpc) is 3.21. The fraction of sp³-hybridized carbons (Fsp3) is 0.423. The molecule has 1 aliphatic rings. The molecule has 8 heteroatoms. The minimum atomic E-state index is -0.445. The normalized spacial score (nSPS) is 18.1. The molecular formula is C26H30N2O6. The highest BCUT2D eigenvalue weighted by Crippen LogP contribution is 2.28. The van der Waals surface area contributed by atoms with E-state index in [1.54, 1.807) is 18.2 Å². The van der Waals surface area contributed by atoms with E-state index in [2.05, 4.69) is 11.1 Å². The summed E-state index contributed by atoms with van der Waals surface area (Å²) in [6, 6.07) is 14.4. The minimum Gasteiger partial charge on any atom is -0.484 e. The third kappa shape index (κ3) is 6.21. The molecule has 0 N–H and O–H groups in total. The highest BCUT2D eigenvalue weighted by atomic mass is 16.6. The zero-order valence-electron chi connectivity index (χ0n) is 19.6. The van der Waals surface area contributed by atoms with E-state index in [-0.39, 0.29) is 30.3 Å². The van der Waals surface area contributed by atoms with E-state index in [1.165, 1.54) is 6.07 Å². The summed E-state index contributed by atoms with van der Waals surface area (Å²) in [4.78, 5) is 15.3. The van der Waals surface area contributed by atoms with Crippen molar-refractivity contribution in [3.8, 4) is 17.2 Å². The van der Waals surface area contributed by atoms with E-state index in [4.69, 9.17) is 18.6 Å². The molecule has 8 nitrogen and oxygen atoms in total. The van der Waals surface area contributed by atoms with E-state index in [0.717, 1.165) is 48.3 Å². The highest BCUT2D eigenvalue weighted by molar-refractivity contribution is 5.54. The van der Waals surface area contributed by atoms with Crippen LogP contribution in [0.15, 0.2) is 52.9 Å². The summed E-state index contributed by atoms with van der Waals surface area (Å²) in [5, 5.41) is 11.1. The molecule has 180 valence electrons. The third-order valence-electron chi connectivity index (χ3n) is 5.95. The molecule has 0 radical (unpaired) electrons. The Hall–Kier alpha value is -3.23. The Labute approximate surface area is 199 Å². The van der Waals surface area contributed by atoms with Crippen molar-refractivity contribution in [2.75, 3.05) is 13.2 Å². The van der Waals surface area contributed by atoms with Crippen molar-refractivity contribution in [1.29, 1.82) is 0 Å². The standard InChI is InChI=1S/C26H30N2O6/c1-18-7-5-8-20(15-18)26-27-23(19(2)34-26)17-33-22-10-6-9-21(16-22)31-13-14-32-25-12-4-3-11-24(25)28(29)30/h3-5,7-8,11-12,15,21-22H,6,9-10,13-14,16-17H2,1-2H3/t21-,22+/m1/s1. The van der Waals surface area contributed by atoms with Gasteiger partial charge >= 0.3 is 5.69 Å². The van der Waals surface area contributed by atoms with Gasteiger partial charge in [0.15, 0.2) is 5.75 Å². The summed E-state index contributed by atoms with van der Waals surface area (Å²) < 4.78 is 23.6. The van der Waals surface area contributed by atoms with E-state index in [9.17, 15) is 10.1 Å². The molecule has 1 fully saturated rings. The van der Waals surface area contributed by atoms with E-state index < -0.39 is 4.92 Å². The summed E-state index contributed by atoms with van der Waals surface area (Å²) >= 11 is 0. The second kappa shape index (κ2) is 11.3. The van der Waals surface area contributed by atoms with Gasteiger partial charge in [0, 0.05) is 11.6 Å². The van der Waals surface area contributed by atoms with Crippen LogP contribution in [0.1, 0.15) is 42.7 Å². The van der Waals surface area contributed by atoms with Crippen LogP contribution in [0.25, 0.3) is 11.5 Å². The maximum absolute atomic E-state index is 11.1. The summed E-state index contributed by atoms with van der Waals surface area (Å²) in [5.74, 6) is 1.64. The van der Waals surface area contributed by atoms with Crippen LogP contribution >= 0.6 is 0 Å². The number of hydrogen-bond acceptors (Lipinski definition) is 7. The number of aromatic nitrogens is 1. The average molecular weight is 467 g/mol. The van der Waals surface area contributed by atoms with Gasteiger partial charge in [0.05, 0.1) is 30.3 Å². The van der Waals surface area contributed by atoms with Crippen molar-refractivity contribution in [3.05, 3.63) is 75.7 Å². The van der Waals surface area contributed by atoms with Crippen molar-refractivity contribution in [1.82, 2.24) is 4.98 Å². The SMILES string of the molecule is Cc1cccc(-c2nc(CO[C@H]3CCC[C@@H](OCCOc4ccccc4[N+](=O)[O-])C3)c(C)o2)c1. The lowest BCUT2D eigenvalue weighted by molar-refractivity contribution is -0.385. The maximum Gasteiger partial charge on any atom is 0.310 e. The lowest BCUT2D eigenvalue weighted by atomic mass is 9.95. The number of ether oxygens (including phenoxy) is 3. The van der Waals surface area contributed by atoms with Crippen LogP contribution in [0.2, 0.25) is 0 Å². The summed E-state index contributed by atoms with van der Waals surface area (Å²) in [5.41, 5.74) is 2.90. The largest absolute Gasteiger partial charge is 0.484 e. The first kappa shape index (κ1) is 23.9. The molecule has 1 aliphatic carbocycles. The molecule has 34 heavy (non-hydrogen) atoms. The number of para-hydroxylation sites is 2. The lowest BCUT2D eigenvalue weighted by Crippen LogP contribution is -2.29. The van der Waals surface area contributed by atoms with Gasteiger partial charge in [0.1, 0.15) is 18.1 Å². The van der Waals surface area contributed by atoms with Crippen molar-refractivity contribution in [3.63, 3.8) is 0 Å². The molecule has 4 rings (SSSR count). The van der Waals surface area contributed by atoms with E-state index >= 15 is 0 Å². The van der Waals surface area contributed by atoms with Crippen LogP contribution in [-0.4, -0.2) is 35.3 Å². The predicted octanol–water partition coefficient (Wildman–Crippen LogP) is 5.79. The quantitative estimate of drug-likeness (QED) is 0.212. The second-order valence-electron chi connectivity index (χ2n) is 8.56. The summed E-state index contributed by atoms with van der Waals surface area (Å²) in [6.45, 7) is 4.98. The van der Waals surface area contributed by atoms with Gasteiger partial charge in [-0.15, -0.1) is 0 Å². The zero-order chi connectivity index (χ0) is 23.9. The number of benzene rings is 2. The number of hydrogen-bond donors (Lipinski definition) is 0. The number of aryl methyl sites for hydroxylation is 2. The van der Waals surface area contributed by atoms with Crippen LogP contribution in [0.5, 0.6) is 5.75 Å². The molecule has 2 atom stereocenters. The van der Waals surface area contributed by atoms with Gasteiger partial charge in [-0.3, -0.25) is 10.1 Å². The molecule has 0 unspecified atom stereocenters. The van der Waals surface area contributed by atoms with Gasteiger partial charge < -0.3 is 18.6 Å². The highest BCUT2D eigenvalue weighted by Gasteiger charge is 2.24. The fourth-order valence-electron chi connectivity index (χ4n) is 4.16. The van der Waals surface area contributed by atoms with Gasteiger partial charge in [-0.05, 0) is 57.7 Å². The molecular weight excluding hydrogens is 436 g/mol. The Kier molecular flexibility index (Phi) is 7.92. The minimum absolute atomic E-state index is 0.0395. The van der Waals surface area contributed by atoms with E-state index in [1.807, 2.05) is 32.0 Å².